The summed E-state index contributed by atoms with van der Waals surface area (Å²) in [6.45, 7) is 5.51. The fraction of sp³-hybridized carbons (Fsp3) is 0.500. The van der Waals surface area contributed by atoms with Crippen LogP contribution in [0.4, 0.5) is 0 Å². The molecule has 0 saturated carbocycles. The number of hydrogen-bond donors (Lipinski definition) is 1. The molecule has 2 aromatic rings. The number of carboxylic acid groups (broad SMARTS) is 1. The van der Waals surface area contributed by atoms with Crippen molar-refractivity contribution in [1.29, 1.82) is 0 Å². The number of piperidine rings is 1. The molecule has 0 amide bonds. The maximum Gasteiger partial charge on any atom is 0.304 e. The van der Waals surface area contributed by atoms with E-state index in [-0.39, 0.29) is 24.2 Å². The van der Waals surface area contributed by atoms with Gasteiger partial charge >= 0.3 is 5.97 Å². The molecule has 2 aliphatic heterocycles. The topological polar surface area (TPSA) is 59.0 Å². The maximum atomic E-state index is 10.8. The highest BCUT2D eigenvalue weighted by Crippen LogP contribution is 2.46. The number of fused-ring (bicyclic) bond motifs is 2. The van der Waals surface area contributed by atoms with Crippen LogP contribution in [0.5, 0.6) is 11.5 Å². The van der Waals surface area contributed by atoms with E-state index in [4.69, 9.17) is 37.8 Å². The molecule has 0 aromatic heterocycles. The Morgan fingerprint density at radius 3 is 2.53 bits per heavy atom. The molecule has 0 aliphatic carbocycles. The van der Waals surface area contributed by atoms with Crippen LogP contribution in [-0.4, -0.2) is 42.2 Å². The van der Waals surface area contributed by atoms with E-state index in [1.54, 1.807) is 0 Å². The highest BCUT2D eigenvalue weighted by Gasteiger charge is 2.43. The number of halogens is 3. The zero-order valence-electron chi connectivity index (χ0n) is 19.4. The predicted octanol–water partition coefficient (Wildman–Crippen LogP) is 6.54. The van der Waals surface area contributed by atoms with E-state index in [0.717, 1.165) is 67.8 Å². The van der Waals surface area contributed by atoms with Gasteiger partial charge < -0.3 is 19.5 Å². The third-order valence-corrected chi connectivity index (χ3v) is 7.56. The number of likely N-dealkylation sites (tertiary alicyclic amines) is 1. The molecule has 0 atom stereocenters. The summed E-state index contributed by atoms with van der Waals surface area (Å²) in [5.41, 5.74) is 3.18. The predicted molar refractivity (Wildman–Crippen MR) is 138 cm³/mol. The van der Waals surface area contributed by atoms with Gasteiger partial charge in [0.05, 0.1) is 13.0 Å². The lowest BCUT2D eigenvalue weighted by molar-refractivity contribution is -0.137. The number of carbonyl (C=O) groups is 1. The average molecular weight is 529 g/mol. The second-order valence-corrected chi connectivity index (χ2v) is 9.96. The summed E-state index contributed by atoms with van der Waals surface area (Å²) in [7, 11) is 0. The van der Waals surface area contributed by atoms with Gasteiger partial charge in [-0.25, -0.2) is 0 Å². The van der Waals surface area contributed by atoms with Crippen molar-refractivity contribution in [2.75, 3.05) is 26.2 Å². The molecule has 0 unspecified atom stereocenters. The Hall–Kier alpha value is -1.66. The van der Waals surface area contributed by atoms with Crippen molar-refractivity contribution < 1.29 is 19.4 Å². The van der Waals surface area contributed by atoms with Gasteiger partial charge in [0.25, 0.3) is 0 Å². The van der Waals surface area contributed by atoms with Crippen LogP contribution in [0.3, 0.4) is 0 Å². The summed E-state index contributed by atoms with van der Waals surface area (Å²) in [5, 5.41) is 10.2. The van der Waals surface area contributed by atoms with Crippen molar-refractivity contribution in [1.82, 2.24) is 4.90 Å². The van der Waals surface area contributed by atoms with Gasteiger partial charge in [-0.05, 0) is 62.5 Å². The first kappa shape index (κ1) is 26.9. The zero-order valence-corrected chi connectivity index (χ0v) is 21.8. The lowest BCUT2D eigenvalue weighted by Gasteiger charge is -2.38. The lowest BCUT2D eigenvalue weighted by atomic mass is 9.74. The largest absolute Gasteiger partial charge is 0.492 e. The van der Waals surface area contributed by atoms with Crippen LogP contribution in [0.25, 0.3) is 0 Å². The molecule has 5 nitrogen and oxygen atoms in total. The fourth-order valence-corrected chi connectivity index (χ4v) is 5.43. The molecule has 186 valence electrons. The van der Waals surface area contributed by atoms with Crippen LogP contribution >= 0.6 is 35.6 Å². The zero-order chi connectivity index (χ0) is 23.4. The molecular weight excluding hydrogens is 497 g/mol. The molecule has 4 rings (SSSR count). The molecule has 1 spiro atoms. The van der Waals surface area contributed by atoms with E-state index in [1.165, 1.54) is 5.56 Å². The summed E-state index contributed by atoms with van der Waals surface area (Å²) >= 11 is 13.0. The van der Waals surface area contributed by atoms with Gasteiger partial charge in [-0.2, -0.15) is 0 Å². The minimum atomic E-state index is -0.743. The molecule has 34 heavy (non-hydrogen) atoms. The van der Waals surface area contributed by atoms with E-state index in [0.29, 0.717) is 29.8 Å². The minimum Gasteiger partial charge on any atom is -0.492 e. The first-order chi connectivity index (χ1) is 15.9. The van der Waals surface area contributed by atoms with Crippen molar-refractivity contribution in [2.24, 2.45) is 0 Å². The molecule has 1 saturated heterocycles. The van der Waals surface area contributed by atoms with Crippen LogP contribution in [0.2, 0.25) is 10.0 Å². The van der Waals surface area contributed by atoms with Gasteiger partial charge in [-0.1, -0.05) is 42.6 Å². The number of rotatable bonds is 9. The Balaban J connectivity index is 0.00000324. The van der Waals surface area contributed by atoms with Gasteiger partial charge in [0.15, 0.2) is 0 Å². The first-order valence-electron chi connectivity index (χ1n) is 11.7. The average Bonchev–Trinajstić information content (AvgIpc) is 3.14. The molecule has 1 fully saturated rings. The second-order valence-electron chi connectivity index (χ2n) is 9.14. The molecule has 2 heterocycles. The number of carboxylic acids is 1. The van der Waals surface area contributed by atoms with Gasteiger partial charge in [0.2, 0.25) is 0 Å². The standard InChI is InChI=1S/C26H31Cl2NO4.ClH/c1-2-3-4-18-13-22(27)20(23(28)14-18)16-32-19-5-6-21-24(15-19)33-17-26(21)8-11-29(12-9-26)10-7-25(30)31;/h5-6,13-15H,2-4,7-12,16-17H2,1H3,(H,30,31);1H. The summed E-state index contributed by atoms with van der Waals surface area (Å²) in [5.74, 6) is 0.859. The number of unbranched alkanes of at least 4 members (excludes halogenated alkanes) is 1. The molecule has 0 bridgehead atoms. The van der Waals surface area contributed by atoms with Crippen LogP contribution in [0, 0.1) is 0 Å². The number of aliphatic carboxylic acids is 1. The Morgan fingerprint density at radius 2 is 1.88 bits per heavy atom. The number of ether oxygens (including phenoxy) is 2. The third kappa shape index (κ3) is 6.12. The fourth-order valence-electron chi connectivity index (χ4n) is 4.79. The molecular formula is C26H32Cl3NO4. The smallest absolute Gasteiger partial charge is 0.304 e. The Kier molecular flexibility index (Phi) is 9.39. The second kappa shape index (κ2) is 11.9. The van der Waals surface area contributed by atoms with Crippen LogP contribution in [0.15, 0.2) is 30.3 Å². The van der Waals surface area contributed by atoms with Gasteiger partial charge in [-0.15, -0.1) is 12.4 Å². The van der Waals surface area contributed by atoms with Gasteiger partial charge in [-0.3, -0.25) is 4.79 Å². The Labute approximate surface area is 217 Å². The molecule has 8 heteroatoms. The third-order valence-electron chi connectivity index (χ3n) is 6.89. The summed E-state index contributed by atoms with van der Waals surface area (Å²) in [4.78, 5) is 13.1. The van der Waals surface area contributed by atoms with Crippen molar-refractivity contribution in [2.45, 2.75) is 57.5 Å². The summed E-state index contributed by atoms with van der Waals surface area (Å²) < 4.78 is 12.1. The number of hydrogen-bond acceptors (Lipinski definition) is 4. The Bertz CT molecular complexity index is 983. The highest BCUT2D eigenvalue weighted by molar-refractivity contribution is 6.36. The van der Waals surface area contributed by atoms with E-state index < -0.39 is 5.97 Å². The first-order valence-corrected chi connectivity index (χ1v) is 12.5. The van der Waals surface area contributed by atoms with Crippen molar-refractivity contribution in [3.63, 3.8) is 0 Å². The lowest BCUT2D eigenvalue weighted by Crippen LogP contribution is -2.44. The molecule has 0 radical (unpaired) electrons. The van der Waals surface area contributed by atoms with Gasteiger partial charge in [0.1, 0.15) is 18.1 Å². The number of benzene rings is 2. The molecule has 2 aromatic carbocycles. The van der Waals surface area contributed by atoms with E-state index in [9.17, 15) is 4.79 Å². The molecule has 2 aliphatic rings. The highest BCUT2D eigenvalue weighted by atomic mass is 35.5. The molecule has 1 N–H and O–H groups in total. The van der Waals surface area contributed by atoms with Crippen LogP contribution in [-0.2, 0) is 23.2 Å². The van der Waals surface area contributed by atoms with E-state index >= 15 is 0 Å². The number of aryl methyl sites for hydroxylation is 1. The summed E-state index contributed by atoms with van der Waals surface area (Å²) in [6.07, 6.45) is 5.34. The van der Waals surface area contributed by atoms with Crippen LogP contribution < -0.4 is 9.47 Å². The van der Waals surface area contributed by atoms with Gasteiger partial charge in [0, 0.05) is 39.2 Å². The monoisotopic (exact) mass is 527 g/mol. The normalized spacial score (nSPS) is 16.6. The quantitative estimate of drug-likeness (QED) is 0.400. The Morgan fingerprint density at radius 1 is 1.18 bits per heavy atom. The SMILES string of the molecule is CCCCc1cc(Cl)c(COc2ccc3c(c2)OCC32CCN(CCC(=O)O)CC2)c(Cl)c1.Cl. The minimum absolute atomic E-state index is 0. The van der Waals surface area contributed by atoms with Crippen molar-refractivity contribution in [3.05, 3.63) is 57.1 Å². The van der Waals surface area contributed by atoms with E-state index in [2.05, 4.69) is 17.9 Å². The van der Waals surface area contributed by atoms with Crippen LogP contribution in [0.1, 0.15) is 55.7 Å². The van der Waals surface area contributed by atoms with E-state index in [1.807, 2.05) is 24.3 Å². The van der Waals surface area contributed by atoms with Crippen molar-refractivity contribution in [3.8, 4) is 11.5 Å². The number of nitrogens with zero attached hydrogens (tertiary/aromatic N) is 1. The maximum absolute atomic E-state index is 10.8. The van der Waals surface area contributed by atoms with Crippen molar-refractivity contribution >= 4 is 41.6 Å². The summed E-state index contributed by atoms with van der Waals surface area (Å²) in [6, 6.07) is 10.0.